The molecule has 0 unspecified atom stereocenters. The minimum absolute atomic E-state index is 0.112. The summed E-state index contributed by atoms with van der Waals surface area (Å²) in [5.41, 5.74) is 4.01. The van der Waals surface area contributed by atoms with Gasteiger partial charge in [-0.25, -0.2) is 13.4 Å². The van der Waals surface area contributed by atoms with Crippen molar-refractivity contribution in [1.29, 1.82) is 0 Å². The molecule has 0 atom stereocenters. The van der Waals surface area contributed by atoms with E-state index in [1.807, 2.05) is 0 Å². The van der Waals surface area contributed by atoms with Crippen LogP contribution in [0.2, 0.25) is 5.15 Å². The van der Waals surface area contributed by atoms with E-state index in [9.17, 15) is 13.2 Å². The number of halogens is 2. The normalized spacial score (nSPS) is 13.2. The molecule has 0 aliphatic carbocycles. The molecule has 0 bridgehead atoms. The lowest BCUT2D eigenvalue weighted by Crippen LogP contribution is -2.38. The van der Waals surface area contributed by atoms with Crippen LogP contribution in [-0.2, 0) is 19.3 Å². The quantitative estimate of drug-likeness (QED) is 0.651. The van der Waals surface area contributed by atoms with E-state index in [0.717, 1.165) is 0 Å². The average molecular weight is 353 g/mol. The van der Waals surface area contributed by atoms with Gasteiger partial charge < -0.3 is 5.73 Å². The molecule has 118 valence electrons. The fourth-order valence-electron chi connectivity index (χ4n) is 2.38. The van der Waals surface area contributed by atoms with E-state index < -0.39 is 25.8 Å². The molecule has 21 heavy (non-hydrogen) atoms. The Hall–Kier alpha value is -0.850. The maximum Gasteiger partial charge on any atom is 0.263 e. The predicted molar refractivity (Wildman–Crippen MR) is 82.9 cm³/mol. The number of aromatic nitrogens is 1. The van der Waals surface area contributed by atoms with Crippen molar-refractivity contribution in [3.8, 4) is 0 Å². The summed E-state index contributed by atoms with van der Waals surface area (Å²) >= 11 is 5.87. The Kier molecular flexibility index (Phi) is 4.98. The number of hydrogen-bond donors (Lipinski definition) is 1. The Balaban J connectivity index is 3.44. The second-order valence-corrected chi connectivity index (χ2v) is 9.15. The maximum atomic E-state index is 11.7. The molecule has 1 amide bonds. The monoisotopic (exact) mass is 352 g/mol. The molecule has 0 fully saturated rings. The van der Waals surface area contributed by atoms with Crippen LogP contribution < -0.4 is 5.73 Å². The van der Waals surface area contributed by atoms with E-state index in [1.54, 1.807) is 27.7 Å². The smallest absolute Gasteiger partial charge is 0.263 e. The Labute approximate surface area is 134 Å². The van der Waals surface area contributed by atoms with Gasteiger partial charge in [0, 0.05) is 21.5 Å². The maximum absolute atomic E-state index is 11.7. The third-order valence-electron chi connectivity index (χ3n) is 3.28. The molecule has 1 aromatic heterocycles. The zero-order valence-electron chi connectivity index (χ0n) is 12.3. The van der Waals surface area contributed by atoms with Crippen LogP contribution in [0.15, 0.2) is 17.0 Å². The minimum Gasteiger partial charge on any atom is -0.369 e. The zero-order valence-corrected chi connectivity index (χ0v) is 14.6. The molecule has 0 aliphatic heterocycles. The van der Waals surface area contributed by atoms with E-state index in [1.165, 1.54) is 12.1 Å². The van der Waals surface area contributed by atoms with Crippen molar-refractivity contribution < 1.29 is 13.2 Å². The van der Waals surface area contributed by atoms with Gasteiger partial charge in [0.1, 0.15) is 10.0 Å². The molecule has 0 spiro atoms. The van der Waals surface area contributed by atoms with Crippen LogP contribution in [0, 0.1) is 5.41 Å². The number of rotatable bonds is 5. The van der Waals surface area contributed by atoms with Gasteiger partial charge in [-0.05, 0) is 18.6 Å². The SMILES string of the molecule is CC(C)(CC(C)(C)c1nc(Cl)ccc1S(=O)(=O)Cl)C(N)=O. The lowest BCUT2D eigenvalue weighted by molar-refractivity contribution is -0.127. The van der Waals surface area contributed by atoms with Crippen LogP contribution >= 0.6 is 22.3 Å². The molecule has 0 saturated carbocycles. The third-order valence-corrected chi connectivity index (χ3v) is 4.84. The molecule has 1 heterocycles. The first kappa shape index (κ1) is 18.2. The van der Waals surface area contributed by atoms with Crippen molar-refractivity contribution in [1.82, 2.24) is 4.98 Å². The van der Waals surface area contributed by atoms with Gasteiger partial charge in [0.15, 0.2) is 0 Å². The summed E-state index contributed by atoms with van der Waals surface area (Å²) in [6.07, 6.45) is 0.294. The van der Waals surface area contributed by atoms with Gasteiger partial charge in [0.2, 0.25) is 5.91 Å². The van der Waals surface area contributed by atoms with E-state index in [0.29, 0.717) is 6.42 Å². The highest BCUT2D eigenvalue weighted by Gasteiger charge is 2.38. The van der Waals surface area contributed by atoms with Crippen molar-refractivity contribution in [2.24, 2.45) is 11.1 Å². The Morgan fingerprint density at radius 2 is 1.81 bits per heavy atom. The van der Waals surface area contributed by atoms with Crippen LogP contribution in [0.25, 0.3) is 0 Å². The van der Waals surface area contributed by atoms with Gasteiger partial charge in [-0.3, -0.25) is 4.79 Å². The van der Waals surface area contributed by atoms with Gasteiger partial charge in [-0.1, -0.05) is 39.3 Å². The van der Waals surface area contributed by atoms with Crippen molar-refractivity contribution in [2.75, 3.05) is 0 Å². The second-order valence-electron chi connectivity index (χ2n) is 6.23. The molecule has 0 saturated heterocycles. The summed E-state index contributed by atoms with van der Waals surface area (Å²) in [5.74, 6) is -0.479. The first-order chi connectivity index (χ1) is 9.27. The molecular formula is C13H18Cl2N2O3S. The van der Waals surface area contributed by atoms with Gasteiger partial charge in [0.05, 0.1) is 5.69 Å². The zero-order chi connectivity index (χ0) is 16.6. The molecule has 0 radical (unpaired) electrons. The lowest BCUT2D eigenvalue weighted by Gasteiger charge is -2.33. The van der Waals surface area contributed by atoms with Crippen LogP contribution in [0.4, 0.5) is 0 Å². The van der Waals surface area contributed by atoms with Crippen LogP contribution in [-0.4, -0.2) is 19.3 Å². The second kappa shape index (κ2) is 5.74. The molecule has 1 rings (SSSR count). The fourth-order valence-corrected chi connectivity index (χ4v) is 3.68. The first-order valence-corrected chi connectivity index (χ1v) is 8.88. The fraction of sp³-hybridized carbons (Fsp3) is 0.538. The molecular weight excluding hydrogens is 335 g/mol. The van der Waals surface area contributed by atoms with Crippen LogP contribution in [0.3, 0.4) is 0 Å². The largest absolute Gasteiger partial charge is 0.369 e. The van der Waals surface area contributed by atoms with Crippen molar-refractivity contribution in [3.63, 3.8) is 0 Å². The summed E-state index contributed by atoms with van der Waals surface area (Å²) in [5, 5.41) is 0.152. The summed E-state index contributed by atoms with van der Waals surface area (Å²) in [6.45, 7) is 6.91. The number of carbonyl (C=O) groups is 1. The molecule has 0 aromatic carbocycles. The van der Waals surface area contributed by atoms with E-state index in [-0.39, 0.29) is 15.7 Å². The molecule has 5 nitrogen and oxygen atoms in total. The summed E-state index contributed by atoms with van der Waals surface area (Å²) in [7, 11) is 1.48. The van der Waals surface area contributed by atoms with Crippen molar-refractivity contribution >= 4 is 37.2 Å². The molecule has 8 heteroatoms. The van der Waals surface area contributed by atoms with E-state index >= 15 is 0 Å². The minimum atomic E-state index is -3.97. The van der Waals surface area contributed by atoms with Crippen LogP contribution in [0.5, 0.6) is 0 Å². The summed E-state index contributed by atoms with van der Waals surface area (Å²) < 4.78 is 23.4. The number of nitrogens with two attached hydrogens (primary N) is 1. The van der Waals surface area contributed by atoms with Crippen LogP contribution in [0.1, 0.15) is 39.8 Å². The van der Waals surface area contributed by atoms with E-state index in [4.69, 9.17) is 28.0 Å². The van der Waals surface area contributed by atoms with Gasteiger partial charge >= 0.3 is 0 Å². The topological polar surface area (TPSA) is 90.1 Å². The highest BCUT2D eigenvalue weighted by Crippen LogP contribution is 2.39. The number of hydrogen-bond acceptors (Lipinski definition) is 4. The van der Waals surface area contributed by atoms with Gasteiger partial charge in [0.25, 0.3) is 9.05 Å². The Bertz CT molecular complexity index is 670. The average Bonchev–Trinajstić information content (AvgIpc) is 2.25. The summed E-state index contributed by atoms with van der Waals surface area (Å²) in [4.78, 5) is 15.5. The predicted octanol–water partition coefficient (Wildman–Crippen LogP) is 2.84. The Morgan fingerprint density at radius 1 is 1.29 bits per heavy atom. The molecule has 0 aliphatic rings. The number of pyridine rings is 1. The molecule has 2 N–H and O–H groups in total. The Morgan fingerprint density at radius 3 is 2.24 bits per heavy atom. The number of carbonyl (C=O) groups excluding carboxylic acids is 1. The van der Waals surface area contributed by atoms with Gasteiger partial charge in [-0.15, -0.1) is 0 Å². The number of primary amides is 1. The standard InChI is InChI=1S/C13H18Cl2N2O3S/c1-12(2,7-13(3,4)11(16)18)10-8(21(15,19)20)5-6-9(14)17-10/h5-6H,7H2,1-4H3,(H2,16,18). The van der Waals surface area contributed by atoms with Crippen molar-refractivity contribution in [3.05, 3.63) is 23.0 Å². The third kappa shape index (κ3) is 4.31. The summed E-state index contributed by atoms with van der Waals surface area (Å²) in [6, 6.07) is 2.67. The highest BCUT2D eigenvalue weighted by molar-refractivity contribution is 8.13. The number of nitrogens with zero attached hydrogens (tertiary/aromatic N) is 1. The van der Waals surface area contributed by atoms with Crippen molar-refractivity contribution in [2.45, 2.75) is 44.4 Å². The first-order valence-electron chi connectivity index (χ1n) is 6.19. The molecule has 1 aromatic rings. The van der Waals surface area contributed by atoms with Gasteiger partial charge in [-0.2, -0.15) is 0 Å². The number of amides is 1. The van der Waals surface area contributed by atoms with E-state index in [2.05, 4.69) is 4.98 Å². The highest BCUT2D eigenvalue weighted by atomic mass is 35.7. The lowest BCUT2D eigenvalue weighted by atomic mass is 9.73.